The first-order chi connectivity index (χ1) is 5.36. The third kappa shape index (κ3) is 1.14. The van der Waals surface area contributed by atoms with Gasteiger partial charge in [0.05, 0.1) is 5.00 Å². The van der Waals surface area contributed by atoms with Gasteiger partial charge in [-0.25, -0.2) is 0 Å². The van der Waals surface area contributed by atoms with E-state index in [1.807, 2.05) is 24.5 Å². The Morgan fingerprint density at radius 1 is 1.36 bits per heavy atom. The number of nitrogens with two attached hydrogens (primary N) is 1. The van der Waals surface area contributed by atoms with Crippen molar-refractivity contribution >= 4 is 16.3 Å². The molecule has 0 saturated carbocycles. The summed E-state index contributed by atoms with van der Waals surface area (Å²) >= 11 is 1.57. The van der Waals surface area contributed by atoms with Crippen LogP contribution in [0.25, 0.3) is 11.1 Å². The molecule has 2 nitrogen and oxygen atoms in total. The number of anilines is 1. The summed E-state index contributed by atoms with van der Waals surface area (Å²) < 4.78 is 0. The first-order valence-electron chi connectivity index (χ1n) is 3.33. The number of aromatic amines is 1. The Bertz CT molecular complexity index is 335. The highest BCUT2D eigenvalue weighted by atomic mass is 32.1. The lowest BCUT2D eigenvalue weighted by molar-refractivity contribution is 1.41. The molecule has 3 N–H and O–H groups in total. The van der Waals surface area contributed by atoms with E-state index in [-0.39, 0.29) is 0 Å². The zero-order valence-corrected chi connectivity index (χ0v) is 6.69. The fourth-order valence-electron chi connectivity index (χ4n) is 1.01. The van der Waals surface area contributed by atoms with Crippen LogP contribution in [0.3, 0.4) is 0 Å². The highest BCUT2D eigenvalue weighted by Gasteiger charge is 1.98. The molecule has 0 saturated heterocycles. The molecule has 0 bridgehead atoms. The minimum absolute atomic E-state index is 0.862. The molecule has 0 aliphatic rings. The number of hydrogen-bond acceptors (Lipinski definition) is 2. The molecule has 0 amide bonds. The molecule has 0 atom stereocenters. The molecular formula is C8H8N2S. The number of nitrogens with one attached hydrogen (secondary N) is 1. The molecule has 56 valence electrons. The molecule has 11 heavy (non-hydrogen) atoms. The number of thiophene rings is 1. The van der Waals surface area contributed by atoms with E-state index in [1.54, 1.807) is 11.3 Å². The second-order valence-electron chi connectivity index (χ2n) is 2.34. The first-order valence-corrected chi connectivity index (χ1v) is 4.21. The number of aromatic nitrogens is 1. The van der Waals surface area contributed by atoms with Crippen LogP contribution in [0.2, 0.25) is 0 Å². The van der Waals surface area contributed by atoms with Gasteiger partial charge in [-0.3, -0.25) is 0 Å². The van der Waals surface area contributed by atoms with E-state index >= 15 is 0 Å². The van der Waals surface area contributed by atoms with Gasteiger partial charge in [0.15, 0.2) is 0 Å². The van der Waals surface area contributed by atoms with Crippen LogP contribution in [0.1, 0.15) is 0 Å². The lowest BCUT2D eigenvalue weighted by atomic mass is 10.2. The fourth-order valence-corrected chi connectivity index (χ4v) is 1.67. The number of rotatable bonds is 1. The van der Waals surface area contributed by atoms with Crippen molar-refractivity contribution in [2.45, 2.75) is 0 Å². The average Bonchev–Trinajstić information content (AvgIpc) is 2.55. The Morgan fingerprint density at radius 2 is 2.27 bits per heavy atom. The van der Waals surface area contributed by atoms with Gasteiger partial charge in [0.2, 0.25) is 0 Å². The van der Waals surface area contributed by atoms with Crippen molar-refractivity contribution in [2.24, 2.45) is 0 Å². The molecule has 2 rings (SSSR count). The third-order valence-electron chi connectivity index (χ3n) is 1.55. The highest BCUT2D eigenvalue weighted by molar-refractivity contribution is 7.14. The van der Waals surface area contributed by atoms with Crippen molar-refractivity contribution in [3.05, 3.63) is 29.9 Å². The summed E-state index contributed by atoms with van der Waals surface area (Å²) in [7, 11) is 0. The van der Waals surface area contributed by atoms with E-state index in [0.717, 1.165) is 5.00 Å². The zero-order valence-electron chi connectivity index (χ0n) is 5.87. The van der Waals surface area contributed by atoms with Gasteiger partial charge < -0.3 is 10.7 Å². The quantitative estimate of drug-likeness (QED) is 0.667. The maximum absolute atomic E-state index is 5.59. The molecular weight excluding hydrogens is 156 g/mol. The fraction of sp³-hybridized carbons (Fsp3) is 0. The largest absolute Gasteiger partial charge is 0.391 e. The summed E-state index contributed by atoms with van der Waals surface area (Å²) in [4.78, 5) is 3.00. The van der Waals surface area contributed by atoms with Gasteiger partial charge in [0.25, 0.3) is 0 Å². The van der Waals surface area contributed by atoms with Crippen LogP contribution in [0, 0.1) is 0 Å². The van der Waals surface area contributed by atoms with Gasteiger partial charge in [0.1, 0.15) is 0 Å². The smallest absolute Gasteiger partial charge is 0.0862 e. The Labute approximate surface area is 68.7 Å². The van der Waals surface area contributed by atoms with Crippen LogP contribution < -0.4 is 5.73 Å². The molecule has 0 aliphatic heterocycles. The maximum Gasteiger partial charge on any atom is 0.0862 e. The second kappa shape index (κ2) is 2.43. The molecule has 3 heteroatoms. The van der Waals surface area contributed by atoms with Crippen LogP contribution in [-0.4, -0.2) is 4.98 Å². The molecule has 0 fully saturated rings. The van der Waals surface area contributed by atoms with E-state index in [2.05, 4.69) is 10.4 Å². The van der Waals surface area contributed by atoms with Gasteiger partial charge in [-0.2, -0.15) is 0 Å². The lowest BCUT2D eigenvalue weighted by Gasteiger charge is -1.86. The number of nitrogen functional groups attached to an aromatic ring is 1. The summed E-state index contributed by atoms with van der Waals surface area (Å²) in [6.45, 7) is 0. The molecule has 2 heterocycles. The first kappa shape index (κ1) is 6.49. The third-order valence-corrected chi connectivity index (χ3v) is 2.31. The monoisotopic (exact) mass is 164 g/mol. The van der Waals surface area contributed by atoms with E-state index < -0.39 is 0 Å². The molecule has 0 radical (unpaired) electrons. The van der Waals surface area contributed by atoms with Crippen molar-refractivity contribution in [2.75, 3.05) is 5.73 Å². The summed E-state index contributed by atoms with van der Waals surface area (Å²) in [5.41, 5.74) is 7.97. The number of H-pyrrole nitrogens is 1. The van der Waals surface area contributed by atoms with Crippen molar-refractivity contribution in [3.8, 4) is 11.1 Å². The average molecular weight is 164 g/mol. The lowest BCUT2D eigenvalue weighted by Crippen LogP contribution is -1.74. The van der Waals surface area contributed by atoms with E-state index in [0.29, 0.717) is 0 Å². The van der Waals surface area contributed by atoms with Gasteiger partial charge in [-0.15, -0.1) is 11.3 Å². The highest BCUT2D eigenvalue weighted by Crippen LogP contribution is 2.26. The zero-order chi connectivity index (χ0) is 7.68. The SMILES string of the molecule is Nc1cc(-c2cc[nH]c2)cs1. The van der Waals surface area contributed by atoms with Crippen LogP contribution in [-0.2, 0) is 0 Å². The molecule has 0 aromatic carbocycles. The van der Waals surface area contributed by atoms with Gasteiger partial charge in [-0.1, -0.05) is 0 Å². The number of hydrogen-bond donors (Lipinski definition) is 2. The van der Waals surface area contributed by atoms with Crippen LogP contribution >= 0.6 is 11.3 Å². The minimum atomic E-state index is 0.862. The molecule has 0 aliphatic carbocycles. The van der Waals surface area contributed by atoms with Crippen molar-refractivity contribution in [1.82, 2.24) is 4.98 Å². The predicted molar refractivity (Wildman–Crippen MR) is 48.5 cm³/mol. The van der Waals surface area contributed by atoms with Gasteiger partial charge in [0, 0.05) is 17.8 Å². The van der Waals surface area contributed by atoms with Crippen LogP contribution in [0.15, 0.2) is 29.9 Å². The minimum Gasteiger partial charge on any atom is -0.391 e. The Balaban J connectivity index is 2.45. The summed E-state index contributed by atoms with van der Waals surface area (Å²) in [5, 5.41) is 2.92. The topological polar surface area (TPSA) is 41.8 Å². The maximum atomic E-state index is 5.59. The molecule has 0 spiro atoms. The second-order valence-corrected chi connectivity index (χ2v) is 3.28. The summed E-state index contributed by atoms with van der Waals surface area (Å²) in [6.07, 6.45) is 3.87. The summed E-state index contributed by atoms with van der Waals surface area (Å²) in [5.74, 6) is 0. The molecule has 2 aromatic rings. The van der Waals surface area contributed by atoms with Gasteiger partial charge >= 0.3 is 0 Å². The van der Waals surface area contributed by atoms with E-state index in [1.165, 1.54) is 11.1 Å². The standard InChI is InChI=1S/C8H8N2S/c9-8-3-7(5-11-8)6-1-2-10-4-6/h1-5,10H,9H2. The molecule has 2 aromatic heterocycles. The normalized spacial score (nSPS) is 10.2. The Kier molecular flexibility index (Phi) is 1.43. The summed E-state index contributed by atoms with van der Waals surface area (Å²) in [6, 6.07) is 4.01. The van der Waals surface area contributed by atoms with E-state index in [9.17, 15) is 0 Å². The van der Waals surface area contributed by atoms with Gasteiger partial charge in [-0.05, 0) is 23.3 Å². The van der Waals surface area contributed by atoms with Crippen molar-refractivity contribution < 1.29 is 0 Å². The van der Waals surface area contributed by atoms with E-state index in [4.69, 9.17) is 5.73 Å². The molecule has 0 unspecified atom stereocenters. The van der Waals surface area contributed by atoms with Crippen LogP contribution in [0.4, 0.5) is 5.00 Å². The van der Waals surface area contributed by atoms with Crippen molar-refractivity contribution in [1.29, 1.82) is 0 Å². The predicted octanol–water partition coefficient (Wildman–Crippen LogP) is 2.33. The Hall–Kier alpha value is -1.22. The Morgan fingerprint density at radius 3 is 2.82 bits per heavy atom. The van der Waals surface area contributed by atoms with Crippen LogP contribution in [0.5, 0.6) is 0 Å². The van der Waals surface area contributed by atoms with Crippen molar-refractivity contribution in [3.63, 3.8) is 0 Å².